The van der Waals surface area contributed by atoms with Gasteiger partial charge in [0.05, 0.1) is 23.4 Å². The molecule has 2 aromatic rings. The third-order valence-electron chi connectivity index (χ3n) is 4.76. The predicted molar refractivity (Wildman–Crippen MR) is 94.1 cm³/mol. The number of aromatic nitrogens is 1. The van der Waals surface area contributed by atoms with Gasteiger partial charge in [-0.15, -0.1) is 0 Å². The largest absolute Gasteiger partial charge is 0.461 e. The van der Waals surface area contributed by atoms with Gasteiger partial charge in [-0.3, -0.25) is 4.98 Å². The first-order chi connectivity index (χ1) is 14.8. The van der Waals surface area contributed by atoms with Crippen LogP contribution in [0.25, 0.3) is 11.3 Å². The molecule has 0 radical (unpaired) electrons. The smallest absolute Gasteiger partial charge is 0.419 e. The first kappa shape index (κ1) is 24.2. The van der Waals surface area contributed by atoms with Crippen LogP contribution in [0.2, 0.25) is 0 Å². The van der Waals surface area contributed by atoms with Crippen molar-refractivity contribution in [2.75, 3.05) is 6.61 Å². The zero-order valence-corrected chi connectivity index (χ0v) is 15.9. The van der Waals surface area contributed by atoms with Crippen LogP contribution in [-0.2, 0) is 17.1 Å². The molecule has 4 N–H and O–H groups in total. The number of aliphatic hydroxyl groups is 4. The van der Waals surface area contributed by atoms with Crippen LogP contribution in [0.1, 0.15) is 11.1 Å². The molecule has 0 spiro atoms. The Morgan fingerprint density at radius 2 is 1.59 bits per heavy atom. The number of ether oxygens (including phenoxy) is 2. The molecule has 13 heteroatoms. The standard InChI is InChI=1S/C19H17F6NO6/c20-18(21,22)9-2-3-11(26-6-9)8-1-4-12(10(5-8)19(23,24)25)31-17-16(30)15(29)14(28)13(7-27)32-17/h1-6,13-17,27-30H,7H2/t13-,14-,15+,16+,17+/m1/s1. The van der Waals surface area contributed by atoms with Gasteiger partial charge in [0, 0.05) is 11.8 Å². The minimum absolute atomic E-state index is 0.160. The summed E-state index contributed by atoms with van der Waals surface area (Å²) in [6, 6.07) is 4.13. The fraction of sp³-hybridized carbons (Fsp3) is 0.421. The van der Waals surface area contributed by atoms with Gasteiger partial charge in [0.2, 0.25) is 6.29 Å². The molecule has 5 atom stereocenters. The minimum Gasteiger partial charge on any atom is -0.461 e. The van der Waals surface area contributed by atoms with Crippen molar-refractivity contribution < 1.29 is 56.2 Å². The molecule has 1 aliphatic heterocycles. The maximum atomic E-state index is 13.6. The second-order valence-corrected chi connectivity index (χ2v) is 6.95. The Bertz CT molecular complexity index is 933. The molecular formula is C19H17F6NO6. The van der Waals surface area contributed by atoms with Crippen molar-refractivity contribution in [2.45, 2.75) is 43.1 Å². The number of pyridine rings is 1. The Morgan fingerprint density at radius 1 is 0.906 bits per heavy atom. The molecular weight excluding hydrogens is 452 g/mol. The van der Waals surface area contributed by atoms with Gasteiger partial charge in [-0.05, 0) is 30.3 Å². The second kappa shape index (κ2) is 8.83. The molecule has 176 valence electrons. The summed E-state index contributed by atoms with van der Waals surface area (Å²) < 4.78 is 89.0. The third kappa shape index (κ3) is 4.96. The van der Waals surface area contributed by atoms with E-state index in [2.05, 4.69) is 4.98 Å². The van der Waals surface area contributed by atoms with E-state index < -0.39 is 66.5 Å². The maximum Gasteiger partial charge on any atom is 0.419 e. The van der Waals surface area contributed by atoms with Gasteiger partial charge < -0.3 is 29.9 Å². The molecule has 1 saturated heterocycles. The van der Waals surface area contributed by atoms with Crippen molar-refractivity contribution in [3.63, 3.8) is 0 Å². The Morgan fingerprint density at radius 3 is 2.12 bits per heavy atom. The van der Waals surface area contributed by atoms with Crippen molar-refractivity contribution in [1.82, 2.24) is 4.98 Å². The Kier molecular flexibility index (Phi) is 6.67. The Hall–Kier alpha value is -2.45. The van der Waals surface area contributed by atoms with E-state index in [9.17, 15) is 46.8 Å². The van der Waals surface area contributed by atoms with Gasteiger partial charge >= 0.3 is 12.4 Å². The second-order valence-electron chi connectivity index (χ2n) is 6.95. The van der Waals surface area contributed by atoms with E-state index >= 15 is 0 Å². The lowest BCUT2D eigenvalue weighted by atomic mass is 9.99. The fourth-order valence-corrected chi connectivity index (χ4v) is 3.04. The third-order valence-corrected chi connectivity index (χ3v) is 4.76. The summed E-state index contributed by atoms with van der Waals surface area (Å²) >= 11 is 0. The van der Waals surface area contributed by atoms with E-state index in [1.54, 1.807) is 0 Å². The molecule has 3 rings (SSSR count). The van der Waals surface area contributed by atoms with Gasteiger partial charge in [0.1, 0.15) is 30.2 Å². The highest BCUT2D eigenvalue weighted by atomic mass is 19.4. The number of nitrogens with zero attached hydrogens (tertiary/aromatic N) is 1. The Balaban J connectivity index is 1.93. The van der Waals surface area contributed by atoms with Crippen LogP contribution >= 0.6 is 0 Å². The lowest BCUT2D eigenvalue weighted by molar-refractivity contribution is -0.278. The van der Waals surface area contributed by atoms with Crippen LogP contribution in [0, 0.1) is 0 Å². The average Bonchev–Trinajstić information content (AvgIpc) is 2.73. The molecule has 0 aliphatic carbocycles. The first-order valence-corrected chi connectivity index (χ1v) is 9.05. The molecule has 0 amide bonds. The lowest BCUT2D eigenvalue weighted by Crippen LogP contribution is -2.60. The summed E-state index contributed by atoms with van der Waals surface area (Å²) in [4.78, 5) is 3.55. The van der Waals surface area contributed by atoms with Gasteiger partial charge in [0.25, 0.3) is 0 Å². The number of hydrogen-bond donors (Lipinski definition) is 4. The topological polar surface area (TPSA) is 112 Å². The monoisotopic (exact) mass is 469 g/mol. The number of halogens is 6. The molecule has 0 bridgehead atoms. The zero-order valence-electron chi connectivity index (χ0n) is 15.9. The van der Waals surface area contributed by atoms with E-state index in [1.807, 2.05) is 0 Å². The molecule has 32 heavy (non-hydrogen) atoms. The fourth-order valence-electron chi connectivity index (χ4n) is 3.04. The Labute approximate surface area is 176 Å². The van der Waals surface area contributed by atoms with Crippen LogP contribution in [0.15, 0.2) is 36.5 Å². The highest BCUT2D eigenvalue weighted by Gasteiger charge is 2.45. The van der Waals surface area contributed by atoms with E-state index in [0.717, 1.165) is 18.2 Å². The number of aliphatic hydroxyl groups excluding tert-OH is 4. The highest BCUT2D eigenvalue weighted by molar-refractivity contribution is 5.62. The first-order valence-electron chi connectivity index (χ1n) is 9.05. The maximum absolute atomic E-state index is 13.6. The van der Waals surface area contributed by atoms with E-state index in [4.69, 9.17) is 9.47 Å². The number of benzene rings is 1. The van der Waals surface area contributed by atoms with E-state index in [1.165, 1.54) is 0 Å². The van der Waals surface area contributed by atoms with Crippen molar-refractivity contribution in [3.8, 4) is 17.0 Å². The summed E-state index contributed by atoms with van der Waals surface area (Å²) in [7, 11) is 0. The quantitative estimate of drug-likeness (QED) is 0.507. The SMILES string of the molecule is OC[C@H]1O[C@H](Oc2ccc(-c3ccc(C(F)(F)F)cn3)cc2C(F)(F)F)[C@@H](O)[C@@H](O)[C@@H]1O. The number of alkyl halides is 6. The van der Waals surface area contributed by atoms with E-state index in [0.29, 0.717) is 18.3 Å². The molecule has 1 aliphatic rings. The predicted octanol–water partition coefficient (Wildman–Crippen LogP) is 1.96. The lowest BCUT2D eigenvalue weighted by Gasteiger charge is -2.39. The van der Waals surface area contributed by atoms with Gasteiger partial charge in [0.15, 0.2) is 0 Å². The molecule has 7 nitrogen and oxygen atoms in total. The van der Waals surface area contributed by atoms with Crippen molar-refractivity contribution >= 4 is 0 Å². The van der Waals surface area contributed by atoms with Crippen LogP contribution < -0.4 is 4.74 Å². The molecule has 0 saturated carbocycles. The molecule has 1 aromatic heterocycles. The summed E-state index contributed by atoms with van der Waals surface area (Å²) in [6.07, 6.45) is -17.9. The molecule has 2 heterocycles. The molecule has 0 unspecified atom stereocenters. The number of hydrogen-bond acceptors (Lipinski definition) is 7. The molecule has 1 fully saturated rings. The highest BCUT2D eigenvalue weighted by Crippen LogP contribution is 2.40. The number of rotatable bonds is 4. The van der Waals surface area contributed by atoms with Crippen LogP contribution in [0.3, 0.4) is 0 Å². The summed E-state index contributed by atoms with van der Waals surface area (Å²) in [5.74, 6) is -0.822. The van der Waals surface area contributed by atoms with Gasteiger partial charge in [-0.2, -0.15) is 26.3 Å². The zero-order chi connectivity index (χ0) is 23.8. The average molecular weight is 469 g/mol. The van der Waals surface area contributed by atoms with Crippen molar-refractivity contribution in [2.24, 2.45) is 0 Å². The van der Waals surface area contributed by atoms with Crippen LogP contribution in [-0.4, -0.2) is 62.7 Å². The van der Waals surface area contributed by atoms with Crippen molar-refractivity contribution in [1.29, 1.82) is 0 Å². The van der Waals surface area contributed by atoms with E-state index in [-0.39, 0.29) is 11.3 Å². The normalized spacial score (nSPS) is 26.8. The summed E-state index contributed by atoms with van der Waals surface area (Å²) in [5.41, 5.74) is -2.75. The van der Waals surface area contributed by atoms with Gasteiger partial charge in [-0.1, -0.05) is 0 Å². The van der Waals surface area contributed by atoms with Crippen LogP contribution in [0.4, 0.5) is 26.3 Å². The molecule has 1 aromatic carbocycles. The minimum atomic E-state index is -4.98. The summed E-state index contributed by atoms with van der Waals surface area (Å²) in [5, 5.41) is 38.7. The van der Waals surface area contributed by atoms with Crippen molar-refractivity contribution in [3.05, 3.63) is 47.7 Å². The van der Waals surface area contributed by atoms with Crippen LogP contribution in [0.5, 0.6) is 5.75 Å². The summed E-state index contributed by atoms with van der Waals surface area (Å²) in [6.45, 7) is -0.810. The van der Waals surface area contributed by atoms with Gasteiger partial charge in [-0.25, -0.2) is 0 Å².